The van der Waals surface area contributed by atoms with Crippen LogP contribution in [0, 0.1) is 0 Å². The van der Waals surface area contributed by atoms with Gasteiger partial charge in [-0.1, -0.05) is 6.42 Å². The van der Waals surface area contributed by atoms with Gasteiger partial charge >= 0.3 is 0 Å². The van der Waals surface area contributed by atoms with E-state index >= 15 is 0 Å². The molecule has 1 atom stereocenters. The Morgan fingerprint density at radius 1 is 1.53 bits per heavy atom. The Labute approximate surface area is 112 Å². The quantitative estimate of drug-likeness (QED) is 0.881. The van der Waals surface area contributed by atoms with Crippen molar-refractivity contribution in [2.75, 3.05) is 13.1 Å². The molecular weight excluding hydrogens is 256 g/mol. The normalized spacial score (nSPS) is 19.4. The third kappa shape index (κ3) is 4.66. The Bertz CT molecular complexity index is 323. The summed E-state index contributed by atoms with van der Waals surface area (Å²) in [6.45, 7) is 1.72. The molecule has 1 aromatic heterocycles. The number of hydrogen-bond acceptors (Lipinski definition) is 3. The second kappa shape index (κ2) is 7.69. The highest BCUT2D eigenvalue weighted by Crippen LogP contribution is 2.08. The van der Waals surface area contributed by atoms with Crippen LogP contribution in [0.5, 0.6) is 0 Å². The average Bonchev–Trinajstić information content (AvgIpc) is 2.83. The van der Waals surface area contributed by atoms with E-state index in [4.69, 9.17) is 0 Å². The molecule has 0 aromatic carbocycles. The van der Waals surface area contributed by atoms with Gasteiger partial charge in [-0.15, -0.1) is 12.4 Å². The second-order valence-corrected chi connectivity index (χ2v) is 4.96. The van der Waals surface area contributed by atoms with Gasteiger partial charge in [0.2, 0.25) is 5.91 Å². The molecule has 96 valence electrons. The molecule has 2 heterocycles. The second-order valence-electron chi connectivity index (χ2n) is 4.18. The van der Waals surface area contributed by atoms with E-state index in [-0.39, 0.29) is 24.4 Å². The van der Waals surface area contributed by atoms with E-state index in [1.165, 1.54) is 12.0 Å². The van der Waals surface area contributed by atoms with Gasteiger partial charge in [0.1, 0.15) is 0 Å². The van der Waals surface area contributed by atoms with E-state index in [0.29, 0.717) is 0 Å². The Hall–Kier alpha value is -0.580. The van der Waals surface area contributed by atoms with Crippen LogP contribution in [0.15, 0.2) is 16.8 Å². The maximum Gasteiger partial charge on any atom is 0.237 e. The maximum atomic E-state index is 11.8. The number of halogens is 1. The van der Waals surface area contributed by atoms with Crippen LogP contribution in [-0.4, -0.2) is 25.0 Å². The molecule has 1 fully saturated rings. The number of carbonyl (C=O) groups excluding carboxylic acids is 1. The smallest absolute Gasteiger partial charge is 0.237 e. The fourth-order valence-electron chi connectivity index (χ4n) is 1.96. The standard InChI is InChI=1S/C12H18N2OS.ClH/c15-12(11-3-1-2-6-13-11)14-7-4-10-5-8-16-9-10;/h5,8-9,11,13H,1-4,6-7H2,(H,14,15);1H/t11-;/m1./s1. The van der Waals surface area contributed by atoms with E-state index in [9.17, 15) is 4.79 Å². The molecule has 2 N–H and O–H groups in total. The number of hydrogen-bond donors (Lipinski definition) is 2. The van der Waals surface area contributed by atoms with Crippen LogP contribution in [0.3, 0.4) is 0 Å². The molecule has 1 aliphatic heterocycles. The van der Waals surface area contributed by atoms with Gasteiger partial charge in [-0.2, -0.15) is 11.3 Å². The lowest BCUT2D eigenvalue weighted by atomic mass is 10.0. The van der Waals surface area contributed by atoms with E-state index < -0.39 is 0 Å². The fourth-order valence-corrected chi connectivity index (χ4v) is 2.67. The van der Waals surface area contributed by atoms with Crippen molar-refractivity contribution in [3.05, 3.63) is 22.4 Å². The number of thiophene rings is 1. The van der Waals surface area contributed by atoms with Crippen LogP contribution in [0.4, 0.5) is 0 Å². The minimum Gasteiger partial charge on any atom is -0.354 e. The molecule has 1 saturated heterocycles. The van der Waals surface area contributed by atoms with Crippen LogP contribution < -0.4 is 10.6 Å². The van der Waals surface area contributed by atoms with Gasteiger partial charge in [0.15, 0.2) is 0 Å². The van der Waals surface area contributed by atoms with Gasteiger partial charge in [0.05, 0.1) is 6.04 Å². The minimum atomic E-state index is 0. The summed E-state index contributed by atoms with van der Waals surface area (Å²) in [6.07, 6.45) is 4.26. The summed E-state index contributed by atoms with van der Waals surface area (Å²) >= 11 is 1.70. The molecule has 0 aliphatic carbocycles. The van der Waals surface area contributed by atoms with Crippen LogP contribution in [0.1, 0.15) is 24.8 Å². The first-order chi connectivity index (χ1) is 7.86. The first kappa shape index (κ1) is 14.5. The van der Waals surface area contributed by atoms with Gasteiger partial charge in [0.25, 0.3) is 0 Å². The third-order valence-electron chi connectivity index (χ3n) is 2.92. The zero-order chi connectivity index (χ0) is 11.2. The van der Waals surface area contributed by atoms with Gasteiger partial charge in [-0.05, 0) is 48.2 Å². The molecule has 1 aliphatic rings. The summed E-state index contributed by atoms with van der Waals surface area (Å²) in [6, 6.07) is 2.14. The molecule has 0 unspecified atom stereocenters. The van der Waals surface area contributed by atoms with Gasteiger partial charge in [0, 0.05) is 6.54 Å². The number of rotatable bonds is 4. The summed E-state index contributed by atoms with van der Waals surface area (Å²) in [4.78, 5) is 11.8. The largest absolute Gasteiger partial charge is 0.354 e. The third-order valence-corrected chi connectivity index (χ3v) is 3.65. The number of nitrogens with one attached hydrogen (secondary N) is 2. The lowest BCUT2D eigenvalue weighted by molar-refractivity contribution is -0.123. The highest BCUT2D eigenvalue weighted by molar-refractivity contribution is 7.07. The van der Waals surface area contributed by atoms with Crippen molar-refractivity contribution >= 4 is 29.7 Å². The Kier molecular flexibility index (Phi) is 6.55. The first-order valence-electron chi connectivity index (χ1n) is 5.88. The summed E-state index contributed by atoms with van der Waals surface area (Å²) in [5, 5.41) is 10.4. The van der Waals surface area contributed by atoms with E-state index in [2.05, 4.69) is 27.5 Å². The Balaban J connectivity index is 0.00000144. The average molecular weight is 275 g/mol. The number of amides is 1. The summed E-state index contributed by atoms with van der Waals surface area (Å²) in [5.74, 6) is 0.162. The van der Waals surface area contributed by atoms with Crippen molar-refractivity contribution in [3.8, 4) is 0 Å². The maximum absolute atomic E-state index is 11.8. The van der Waals surface area contributed by atoms with Crippen LogP contribution >= 0.6 is 23.7 Å². The Morgan fingerprint density at radius 3 is 3.06 bits per heavy atom. The van der Waals surface area contributed by atoms with Gasteiger partial charge in [-0.25, -0.2) is 0 Å². The van der Waals surface area contributed by atoms with E-state index in [1.807, 2.05) is 0 Å². The molecule has 0 bridgehead atoms. The van der Waals surface area contributed by atoms with E-state index in [0.717, 1.165) is 32.4 Å². The lowest BCUT2D eigenvalue weighted by Gasteiger charge is -2.22. The minimum absolute atomic E-state index is 0. The van der Waals surface area contributed by atoms with Crippen LogP contribution in [-0.2, 0) is 11.2 Å². The predicted molar refractivity (Wildman–Crippen MR) is 73.9 cm³/mol. The lowest BCUT2D eigenvalue weighted by Crippen LogP contribution is -2.47. The molecular formula is C12H19ClN2OS. The molecule has 5 heteroatoms. The van der Waals surface area contributed by atoms with Crippen molar-refractivity contribution in [1.29, 1.82) is 0 Å². The fraction of sp³-hybridized carbons (Fsp3) is 0.583. The zero-order valence-electron chi connectivity index (χ0n) is 9.78. The summed E-state index contributed by atoms with van der Waals surface area (Å²) in [7, 11) is 0. The van der Waals surface area contributed by atoms with Crippen LogP contribution in [0.2, 0.25) is 0 Å². The first-order valence-corrected chi connectivity index (χ1v) is 6.83. The number of piperidine rings is 1. The monoisotopic (exact) mass is 274 g/mol. The molecule has 0 saturated carbocycles. The molecule has 17 heavy (non-hydrogen) atoms. The molecule has 0 radical (unpaired) electrons. The topological polar surface area (TPSA) is 41.1 Å². The predicted octanol–water partition coefficient (Wildman–Crippen LogP) is 1.97. The molecule has 2 rings (SSSR count). The van der Waals surface area contributed by atoms with Crippen molar-refractivity contribution < 1.29 is 4.79 Å². The number of carbonyl (C=O) groups is 1. The van der Waals surface area contributed by atoms with Gasteiger partial charge in [-0.3, -0.25) is 4.79 Å². The van der Waals surface area contributed by atoms with Crippen molar-refractivity contribution in [2.45, 2.75) is 31.7 Å². The highest BCUT2D eigenvalue weighted by atomic mass is 35.5. The van der Waals surface area contributed by atoms with Crippen molar-refractivity contribution in [1.82, 2.24) is 10.6 Å². The van der Waals surface area contributed by atoms with E-state index in [1.54, 1.807) is 11.3 Å². The Morgan fingerprint density at radius 2 is 2.41 bits per heavy atom. The summed E-state index contributed by atoms with van der Waals surface area (Å²) in [5.41, 5.74) is 1.31. The van der Waals surface area contributed by atoms with Crippen molar-refractivity contribution in [2.24, 2.45) is 0 Å². The molecule has 1 amide bonds. The molecule has 0 spiro atoms. The van der Waals surface area contributed by atoms with Gasteiger partial charge < -0.3 is 10.6 Å². The SMILES string of the molecule is Cl.O=C(NCCc1ccsc1)[C@H]1CCCCN1. The van der Waals surface area contributed by atoms with Crippen LogP contribution in [0.25, 0.3) is 0 Å². The molecule has 3 nitrogen and oxygen atoms in total. The summed E-state index contributed by atoms with van der Waals surface area (Å²) < 4.78 is 0. The molecule has 1 aromatic rings. The highest BCUT2D eigenvalue weighted by Gasteiger charge is 2.19. The van der Waals surface area contributed by atoms with Crippen molar-refractivity contribution in [3.63, 3.8) is 0 Å². The zero-order valence-corrected chi connectivity index (χ0v) is 11.4.